The van der Waals surface area contributed by atoms with Crippen LogP contribution in [0.4, 0.5) is 5.13 Å². The fourth-order valence-electron chi connectivity index (χ4n) is 3.39. The van der Waals surface area contributed by atoms with Gasteiger partial charge in [-0.1, -0.05) is 31.3 Å². The SMILES string of the molecule is CCN(CC)CCN(C(=O)c1ccc(C#N)cc1)c1nc2cc(C)cc(C)c2s1.Cl. The Labute approximate surface area is 188 Å². The van der Waals surface area contributed by atoms with Crippen molar-refractivity contribution in [2.24, 2.45) is 0 Å². The van der Waals surface area contributed by atoms with Crippen molar-refractivity contribution >= 4 is 45.0 Å². The second-order valence-electron chi connectivity index (χ2n) is 7.10. The van der Waals surface area contributed by atoms with E-state index < -0.39 is 0 Å². The molecule has 0 aliphatic carbocycles. The highest BCUT2D eigenvalue weighted by Gasteiger charge is 2.22. The summed E-state index contributed by atoms with van der Waals surface area (Å²) in [6, 6.07) is 13.1. The third kappa shape index (κ3) is 5.17. The number of amides is 1. The molecule has 30 heavy (non-hydrogen) atoms. The fourth-order valence-corrected chi connectivity index (χ4v) is 4.43. The van der Waals surface area contributed by atoms with Gasteiger partial charge < -0.3 is 4.90 Å². The van der Waals surface area contributed by atoms with Crippen LogP contribution in [0.5, 0.6) is 0 Å². The largest absolute Gasteiger partial charge is 0.302 e. The third-order valence-electron chi connectivity index (χ3n) is 5.08. The molecule has 0 atom stereocenters. The summed E-state index contributed by atoms with van der Waals surface area (Å²) in [5.74, 6) is -0.0879. The number of rotatable bonds is 7. The van der Waals surface area contributed by atoms with Gasteiger partial charge in [-0.05, 0) is 68.4 Å². The predicted molar refractivity (Wildman–Crippen MR) is 127 cm³/mol. The molecule has 1 heterocycles. The van der Waals surface area contributed by atoms with Crippen molar-refractivity contribution in [3.8, 4) is 6.07 Å². The Bertz CT molecular complexity index is 1050. The molecule has 1 aromatic heterocycles. The number of carbonyl (C=O) groups excluding carboxylic acids is 1. The summed E-state index contributed by atoms with van der Waals surface area (Å²) in [5.41, 5.74) is 4.39. The quantitative estimate of drug-likeness (QED) is 0.504. The molecule has 7 heteroatoms. The Kier molecular flexibility index (Phi) is 8.36. The zero-order valence-electron chi connectivity index (χ0n) is 17.8. The Morgan fingerprint density at radius 1 is 1.10 bits per heavy atom. The van der Waals surface area contributed by atoms with Crippen molar-refractivity contribution in [3.63, 3.8) is 0 Å². The molecule has 0 unspecified atom stereocenters. The van der Waals surface area contributed by atoms with E-state index in [1.165, 1.54) is 11.1 Å². The van der Waals surface area contributed by atoms with Crippen LogP contribution in [0.1, 0.15) is 40.9 Å². The summed E-state index contributed by atoms with van der Waals surface area (Å²) >= 11 is 1.56. The van der Waals surface area contributed by atoms with Crippen LogP contribution in [-0.4, -0.2) is 42.0 Å². The molecule has 1 amide bonds. The molecule has 0 radical (unpaired) electrons. The summed E-state index contributed by atoms with van der Waals surface area (Å²) in [6.07, 6.45) is 0. The summed E-state index contributed by atoms with van der Waals surface area (Å²) in [7, 11) is 0. The Balaban J connectivity index is 0.00000320. The lowest BCUT2D eigenvalue weighted by molar-refractivity contribution is 0.0984. The summed E-state index contributed by atoms with van der Waals surface area (Å²) in [6.45, 7) is 11.6. The van der Waals surface area contributed by atoms with Crippen LogP contribution in [0.15, 0.2) is 36.4 Å². The van der Waals surface area contributed by atoms with Crippen molar-refractivity contribution in [3.05, 3.63) is 58.7 Å². The van der Waals surface area contributed by atoms with Crippen LogP contribution in [0, 0.1) is 25.2 Å². The van der Waals surface area contributed by atoms with Crippen molar-refractivity contribution < 1.29 is 4.79 Å². The van der Waals surface area contributed by atoms with Crippen LogP contribution in [0.25, 0.3) is 10.2 Å². The normalized spacial score (nSPS) is 10.7. The van der Waals surface area contributed by atoms with Crippen molar-refractivity contribution in [2.45, 2.75) is 27.7 Å². The Morgan fingerprint density at radius 3 is 2.37 bits per heavy atom. The lowest BCUT2D eigenvalue weighted by Crippen LogP contribution is -2.38. The molecule has 0 N–H and O–H groups in total. The van der Waals surface area contributed by atoms with Gasteiger partial charge in [0.1, 0.15) is 0 Å². The van der Waals surface area contributed by atoms with Gasteiger partial charge in [-0.25, -0.2) is 4.98 Å². The lowest BCUT2D eigenvalue weighted by atomic mass is 10.1. The number of carbonyl (C=O) groups is 1. The van der Waals surface area contributed by atoms with Gasteiger partial charge in [-0.15, -0.1) is 12.4 Å². The van der Waals surface area contributed by atoms with E-state index in [0.29, 0.717) is 17.7 Å². The number of thiazole rings is 1. The first kappa shape index (κ1) is 23.8. The van der Waals surface area contributed by atoms with E-state index in [-0.39, 0.29) is 18.3 Å². The molecule has 3 rings (SSSR count). The van der Waals surface area contributed by atoms with E-state index in [0.717, 1.165) is 35.0 Å². The third-order valence-corrected chi connectivity index (χ3v) is 6.31. The monoisotopic (exact) mass is 442 g/mol. The number of likely N-dealkylation sites (N-methyl/N-ethyl adjacent to an activating group) is 1. The molecule has 2 aromatic carbocycles. The van der Waals surface area contributed by atoms with Gasteiger partial charge in [-0.2, -0.15) is 5.26 Å². The molecular weight excluding hydrogens is 416 g/mol. The topological polar surface area (TPSA) is 60.2 Å². The maximum atomic E-state index is 13.4. The van der Waals surface area contributed by atoms with Gasteiger partial charge in [0.25, 0.3) is 5.91 Å². The van der Waals surface area contributed by atoms with E-state index in [9.17, 15) is 4.79 Å². The fraction of sp³-hybridized carbons (Fsp3) is 0.348. The van der Waals surface area contributed by atoms with Gasteiger partial charge in [0.15, 0.2) is 5.13 Å². The zero-order valence-corrected chi connectivity index (χ0v) is 19.4. The molecule has 0 fully saturated rings. The summed E-state index contributed by atoms with van der Waals surface area (Å²) in [4.78, 5) is 22.2. The van der Waals surface area contributed by atoms with E-state index in [4.69, 9.17) is 10.2 Å². The van der Waals surface area contributed by atoms with Crippen LogP contribution >= 0.6 is 23.7 Å². The summed E-state index contributed by atoms with van der Waals surface area (Å²) in [5, 5.41) is 9.74. The minimum absolute atomic E-state index is 0. The number of halogens is 1. The first-order valence-corrected chi connectivity index (χ1v) is 10.7. The number of aromatic nitrogens is 1. The van der Waals surface area contributed by atoms with E-state index >= 15 is 0 Å². The van der Waals surface area contributed by atoms with Gasteiger partial charge in [0, 0.05) is 18.7 Å². The second kappa shape index (κ2) is 10.5. The Morgan fingerprint density at radius 2 is 1.77 bits per heavy atom. The molecule has 0 spiro atoms. The first-order valence-electron chi connectivity index (χ1n) is 9.89. The molecule has 3 aromatic rings. The highest BCUT2D eigenvalue weighted by atomic mass is 35.5. The molecule has 0 aliphatic heterocycles. The smallest absolute Gasteiger partial charge is 0.260 e. The molecule has 0 saturated carbocycles. The minimum atomic E-state index is -0.0879. The van der Waals surface area contributed by atoms with E-state index in [1.807, 2.05) is 0 Å². The Hall–Kier alpha value is -2.46. The number of hydrogen-bond donors (Lipinski definition) is 0. The van der Waals surface area contributed by atoms with E-state index in [1.54, 1.807) is 40.5 Å². The van der Waals surface area contributed by atoms with Crippen molar-refractivity contribution in [2.75, 3.05) is 31.1 Å². The van der Waals surface area contributed by atoms with Crippen LogP contribution in [0.3, 0.4) is 0 Å². The first-order chi connectivity index (χ1) is 14.0. The lowest BCUT2D eigenvalue weighted by Gasteiger charge is -2.24. The number of aryl methyl sites for hydroxylation is 2. The number of benzene rings is 2. The number of fused-ring (bicyclic) bond motifs is 1. The molecule has 5 nitrogen and oxygen atoms in total. The van der Waals surface area contributed by atoms with Crippen LogP contribution in [0.2, 0.25) is 0 Å². The van der Waals surface area contributed by atoms with Crippen LogP contribution in [-0.2, 0) is 0 Å². The average Bonchev–Trinajstić information content (AvgIpc) is 3.15. The highest BCUT2D eigenvalue weighted by molar-refractivity contribution is 7.22. The molecule has 0 saturated heterocycles. The zero-order chi connectivity index (χ0) is 21.0. The number of hydrogen-bond acceptors (Lipinski definition) is 5. The maximum Gasteiger partial charge on any atom is 0.260 e. The summed E-state index contributed by atoms with van der Waals surface area (Å²) < 4.78 is 1.12. The minimum Gasteiger partial charge on any atom is -0.302 e. The molecular formula is C23H27ClN4OS. The average molecular weight is 443 g/mol. The van der Waals surface area contributed by atoms with Gasteiger partial charge in [-0.3, -0.25) is 9.69 Å². The molecule has 0 aliphatic rings. The highest BCUT2D eigenvalue weighted by Crippen LogP contribution is 2.32. The van der Waals surface area contributed by atoms with Gasteiger partial charge in [0.05, 0.1) is 21.8 Å². The van der Waals surface area contributed by atoms with Crippen LogP contribution < -0.4 is 4.90 Å². The van der Waals surface area contributed by atoms with E-state index in [2.05, 4.69) is 50.8 Å². The predicted octanol–water partition coefficient (Wildman–Crippen LogP) is 5.20. The number of nitriles is 1. The van der Waals surface area contributed by atoms with Crippen molar-refractivity contribution in [1.82, 2.24) is 9.88 Å². The molecule has 0 bridgehead atoms. The second-order valence-corrected chi connectivity index (χ2v) is 8.08. The van der Waals surface area contributed by atoms with Gasteiger partial charge in [0.2, 0.25) is 0 Å². The standard InChI is InChI=1S/C23H26N4OS.ClH/c1-5-26(6-2)11-12-27(22(28)19-9-7-18(15-24)8-10-19)23-25-20-14-16(3)13-17(4)21(20)29-23;/h7-10,13-14H,5-6,11-12H2,1-4H3;1H. The number of anilines is 1. The molecule has 158 valence electrons. The van der Waals surface area contributed by atoms with Crippen molar-refractivity contribution in [1.29, 1.82) is 5.26 Å². The van der Waals surface area contributed by atoms with Gasteiger partial charge >= 0.3 is 0 Å². The number of nitrogens with zero attached hydrogens (tertiary/aromatic N) is 4. The maximum absolute atomic E-state index is 13.4.